The van der Waals surface area contributed by atoms with Crippen LogP contribution in [0.4, 0.5) is 5.13 Å². The molecular formula is C25H25N3O3S2. The fraction of sp³-hybridized carbons (Fsp3) is 0.240. The lowest BCUT2D eigenvalue weighted by Crippen LogP contribution is -2.30. The number of thiazole rings is 1. The molecule has 1 amide bonds. The molecule has 0 aliphatic rings. The third kappa shape index (κ3) is 4.67. The third-order valence-corrected chi connectivity index (χ3v) is 8.82. The summed E-state index contributed by atoms with van der Waals surface area (Å²) < 4.78 is 25.9. The van der Waals surface area contributed by atoms with Gasteiger partial charge in [0.2, 0.25) is 0 Å². The van der Waals surface area contributed by atoms with Crippen LogP contribution in [0.15, 0.2) is 65.8 Å². The van der Waals surface area contributed by atoms with E-state index in [9.17, 15) is 13.2 Å². The number of aryl methyl sites for hydroxylation is 2. The van der Waals surface area contributed by atoms with Gasteiger partial charge in [-0.25, -0.2) is 13.4 Å². The van der Waals surface area contributed by atoms with Gasteiger partial charge in [-0.05, 0) is 92.9 Å². The van der Waals surface area contributed by atoms with Crippen LogP contribution in [0, 0.1) is 13.8 Å². The first-order valence-electron chi connectivity index (χ1n) is 10.6. The molecule has 0 bridgehead atoms. The number of nitrogens with zero attached hydrogens (tertiary/aromatic N) is 3. The number of amides is 1. The van der Waals surface area contributed by atoms with Crippen molar-refractivity contribution in [3.05, 3.63) is 83.2 Å². The second kappa shape index (κ2) is 9.03. The predicted octanol–water partition coefficient (Wildman–Crippen LogP) is 5.34. The van der Waals surface area contributed by atoms with Crippen LogP contribution in [0.2, 0.25) is 0 Å². The number of carbonyl (C=O) groups excluding carboxylic acids is 1. The number of hydrogen-bond acceptors (Lipinski definition) is 6. The number of rotatable bonds is 6. The van der Waals surface area contributed by atoms with Gasteiger partial charge in [0.1, 0.15) is 0 Å². The zero-order valence-electron chi connectivity index (χ0n) is 18.9. The minimum Gasteiger partial charge on any atom is -0.279 e. The Morgan fingerprint density at radius 3 is 2.27 bits per heavy atom. The molecule has 8 heteroatoms. The number of carbonyl (C=O) groups is 1. The number of anilines is 1. The van der Waals surface area contributed by atoms with Gasteiger partial charge < -0.3 is 0 Å². The van der Waals surface area contributed by atoms with Gasteiger partial charge in [-0.2, -0.15) is 0 Å². The van der Waals surface area contributed by atoms with Gasteiger partial charge in [0.25, 0.3) is 5.91 Å². The van der Waals surface area contributed by atoms with Crippen LogP contribution in [-0.2, 0) is 16.4 Å². The first-order valence-corrected chi connectivity index (χ1v) is 13.0. The molecule has 0 spiro atoms. The fourth-order valence-electron chi connectivity index (χ4n) is 3.40. The summed E-state index contributed by atoms with van der Waals surface area (Å²) in [6, 6.07) is 14.0. The topological polar surface area (TPSA) is 80.2 Å². The summed E-state index contributed by atoms with van der Waals surface area (Å²) in [5.41, 5.74) is 4.49. The van der Waals surface area contributed by atoms with Gasteiger partial charge in [-0.1, -0.05) is 11.3 Å². The molecule has 4 rings (SSSR count). The van der Waals surface area contributed by atoms with Crippen molar-refractivity contribution in [3.63, 3.8) is 0 Å². The van der Waals surface area contributed by atoms with Crippen LogP contribution >= 0.6 is 11.3 Å². The van der Waals surface area contributed by atoms with Crippen LogP contribution in [0.3, 0.4) is 0 Å². The third-order valence-electron chi connectivity index (χ3n) is 5.61. The van der Waals surface area contributed by atoms with Gasteiger partial charge in [0.05, 0.1) is 26.9 Å². The van der Waals surface area contributed by atoms with Gasteiger partial charge in [-0.3, -0.25) is 14.7 Å². The molecule has 6 nitrogen and oxygen atoms in total. The molecule has 0 saturated heterocycles. The molecule has 33 heavy (non-hydrogen) atoms. The molecule has 0 N–H and O–H groups in total. The Labute approximate surface area is 197 Å². The van der Waals surface area contributed by atoms with Crippen molar-refractivity contribution in [2.45, 2.75) is 44.4 Å². The summed E-state index contributed by atoms with van der Waals surface area (Å²) in [7, 11) is -3.41. The highest BCUT2D eigenvalue weighted by Crippen LogP contribution is 2.32. The Morgan fingerprint density at radius 1 is 1.00 bits per heavy atom. The van der Waals surface area contributed by atoms with E-state index in [0.717, 1.165) is 21.3 Å². The van der Waals surface area contributed by atoms with Crippen LogP contribution in [0.1, 0.15) is 40.9 Å². The molecule has 2 aromatic heterocycles. The lowest BCUT2D eigenvalue weighted by molar-refractivity contribution is 0.0985. The summed E-state index contributed by atoms with van der Waals surface area (Å²) in [5.74, 6) is -0.243. The number of aromatic nitrogens is 2. The van der Waals surface area contributed by atoms with E-state index in [1.54, 1.807) is 43.3 Å². The number of hydrogen-bond donors (Lipinski definition) is 0. The van der Waals surface area contributed by atoms with Gasteiger partial charge in [0, 0.05) is 18.0 Å². The number of sulfone groups is 1. The Bertz CT molecular complexity index is 1370. The maximum atomic E-state index is 13.6. The van der Waals surface area contributed by atoms with Crippen LogP contribution in [0.5, 0.6) is 0 Å². The van der Waals surface area contributed by atoms with E-state index in [0.29, 0.717) is 17.2 Å². The van der Waals surface area contributed by atoms with Crippen molar-refractivity contribution in [1.29, 1.82) is 0 Å². The average Bonchev–Trinajstić information content (AvgIpc) is 3.20. The van der Waals surface area contributed by atoms with Crippen molar-refractivity contribution in [3.8, 4) is 0 Å². The zero-order chi connectivity index (χ0) is 23.8. The Hall–Kier alpha value is -3.10. The normalized spacial score (nSPS) is 11.8. The molecule has 0 unspecified atom stereocenters. The number of fused-ring (bicyclic) bond motifs is 1. The molecule has 0 atom stereocenters. The van der Waals surface area contributed by atoms with Crippen molar-refractivity contribution < 1.29 is 13.2 Å². The van der Waals surface area contributed by atoms with Crippen molar-refractivity contribution >= 4 is 42.4 Å². The van der Waals surface area contributed by atoms with Crippen LogP contribution in [-0.4, -0.2) is 29.5 Å². The van der Waals surface area contributed by atoms with Gasteiger partial charge >= 0.3 is 0 Å². The predicted molar refractivity (Wildman–Crippen MR) is 133 cm³/mol. The molecule has 0 aliphatic heterocycles. The Kier molecular flexibility index (Phi) is 6.32. The van der Waals surface area contributed by atoms with E-state index >= 15 is 0 Å². The molecule has 2 heterocycles. The molecule has 0 fully saturated rings. The monoisotopic (exact) mass is 479 g/mol. The van der Waals surface area contributed by atoms with Crippen molar-refractivity contribution in [2.24, 2.45) is 0 Å². The molecule has 170 valence electrons. The first kappa shape index (κ1) is 23.1. The minimum atomic E-state index is -3.41. The summed E-state index contributed by atoms with van der Waals surface area (Å²) >= 11 is 1.46. The first-order chi connectivity index (χ1) is 15.7. The Morgan fingerprint density at radius 2 is 1.64 bits per heavy atom. The highest BCUT2D eigenvalue weighted by Gasteiger charge is 2.24. The minimum absolute atomic E-state index is 0.209. The number of benzene rings is 2. The summed E-state index contributed by atoms with van der Waals surface area (Å²) in [5, 5.41) is 0.0626. The molecule has 0 saturated carbocycles. The SMILES string of the molecule is Cc1cc2nc(N(Cc3ccncc3)C(=O)c3ccc(S(=O)(=O)C(C)C)cc3)sc2cc1C. The highest BCUT2D eigenvalue weighted by atomic mass is 32.2. The summed E-state index contributed by atoms with van der Waals surface area (Å²) in [6.07, 6.45) is 3.38. The van der Waals surface area contributed by atoms with E-state index in [2.05, 4.69) is 18.0 Å². The summed E-state index contributed by atoms with van der Waals surface area (Å²) in [6.45, 7) is 7.70. The quantitative estimate of drug-likeness (QED) is 0.373. The number of pyridine rings is 1. The smallest absolute Gasteiger partial charge is 0.260 e. The largest absolute Gasteiger partial charge is 0.279 e. The van der Waals surface area contributed by atoms with E-state index in [1.807, 2.05) is 25.1 Å². The van der Waals surface area contributed by atoms with E-state index in [1.165, 1.54) is 29.0 Å². The summed E-state index contributed by atoms with van der Waals surface area (Å²) in [4.78, 5) is 24.2. The highest BCUT2D eigenvalue weighted by molar-refractivity contribution is 7.92. The average molecular weight is 480 g/mol. The molecular weight excluding hydrogens is 454 g/mol. The lowest BCUT2D eigenvalue weighted by atomic mass is 10.1. The van der Waals surface area contributed by atoms with Crippen LogP contribution in [0.25, 0.3) is 10.2 Å². The second-order valence-corrected chi connectivity index (χ2v) is 11.8. The van der Waals surface area contributed by atoms with E-state index < -0.39 is 15.1 Å². The van der Waals surface area contributed by atoms with Gasteiger partial charge in [0.15, 0.2) is 15.0 Å². The second-order valence-electron chi connectivity index (χ2n) is 8.27. The molecule has 0 aliphatic carbocycles. The molecule has 0 radical (unpaired) electrons. The van der Waals surface area contributed by atoms with E-state index in [4.69, 9.17) is 4.98 Å². The fourth-order valence-corrected chi connectivity index (χ4v) is 5.50. The molecule has 2 aromatic carbocycles. The van der Waals surface area contributed by atoms with Gasteiger partial charge in [-0.15, -0.1) is 0 Å². The standard InChI is InChI=1S/C25H25N3O3S2/c1-16(2)33(30,31)21-7-5-20(6-8-21)24(29)28(15-19-9-11-26-12-10-19)25-27-22-13-17(3)18(4)14-23(22)32-25/h5-14,16H,15H2,1-4H3. The Balaban J connectivity index is 1.74. The lowest BCUT2D eigenvalue weighted by Gasteiger charge is -2.20. The van der Waals surface area contributed by atoms with Crippen molar-refractivity contribution in [1.82, 2.24) is 9.97 Å². The molecule has 4 aromatic rings. The van der Waals surface area contributed by atoms with Crippen molar-refractivity contribution in [2.75, 3.05) is 4.90 Å². The maximum Gasteiger partial charge on any atom is 0.260 e. The van der Waals surface area contributed by atoms with E-state index in [-0.39, 0.29) is 10.8 Å². The maximum absolute atomic E-state index is 13.6. The van der Waals surface area contributed by atoms with Crippen LogP contribution < -0.4 is 4.90 Å². The zero-order valence-corrected chi connectivity index (χ0v) is 20.6.